The van der Waals surface area contributed by atoms with Gasteiger partial charge in [0.15, 0.2) is 0 Å². The maximum atomic E-state index is 12.1. The summed E-state index contributed by atoms with van der Waals surface area (Å²) in [6.07, 6.45) is 0. The molecule has 1 aromatic rings. The third-order valence-electron chi connectivity index (χ3n) is 4.36. The summed E-state index contributed by atoms with van der Waals surface area (Å²) in [6, 6.07) is 3.29. The lowest BCUT2D eigenvalue weighted by Gasteiger charge is -2.20. The zero-order chi connectivity index (χ0) is 16.7. The highest BCUT2D eigenvalue weighted by Gasteiger charge is 2.58. The first-order chi connectivity index (χ1) is 11.0. The normalized spacial score (nSPS) is 29.1. The number of hydrogen-bond acceptors (Lipinski definition) is 6. The van der Waals surface area contributed by atoms with Crippen LogP contribution in [-0.2, 0) is 14.4 Å². The summed E-state index contributed by atoms with van der Waals surface area (Å²) in [6.45, 7) is 0. The van der Waals surface area contributed by atoms with Crippen molar-refractivity contribution < 1.29 is 29.0 Å². The minimum absolute atomic E-state index is 0.457. The SMILES string of the molecule is COc1ccc([C@@H]2N[C@H](C(=O)O)[C@@H]3C(=O)NC(=O)[C@H]32)c(OC)c1. The molecule has 8 nitrogen and oxygen atoms in total. The molecule has 0 unspecified atom stereocenters. The molecule has 0 radical (unpaired) electrons. The number of carboxylic acids is 1. The largest absolute Gasteiger partial charge is 0.497 e. The van der Waals surface area contributed by atoms with E-state index in [1.165, 1.54) is 14.2 Å². The molecule has 2 amide bonds. The average molecular weight is 320 g/mol. The van der Waals surface area contributed by atoms with Crippen LogP contribution in [0.1, 0.15) is 11.6 Å². The molecule has 122 valence electrons. The summed E-state index contributed by atoms with van der Waals surface area (Å²) in [5.41, 5.74) is 0.608. The standard InChI is InChI=1S/C15H16N2O6/c1-22-6-3-4-7(8(5-6)23-2)11-9-10(12(16-11)15(20)21)14(19)17-13(9)18/h3-5,9-12,16H,1-2H3,(H,20,21)(H,17,18,19)/t9-,10-,11+,12+/m1/s1. The summed E-state index contributed by atoms with van der Waals surface area (Å²) < 4.78 is 10.5. The molecule has 0 aromatic heterocycles. The number of carbonyl (C=O) groups is 3. The predicted octanol–water partition coefficient (Wildman–Crippen LogP) is -0.310. The highest BCUT2D eigenvalue weighted by Crippen LogP contribution is 2.44. The van der Waals surface area contributed by atoms with Gasteiger partial charge in [-0.3, -0.25) is 25.0 Å². The maximum Gasteiger partial charge on any atom is 0.321 e. The number of imide groups is 1. The van der Waals surface area contributed by atoms with Crippen LogP contribution in [0.3, 0.4) is 0 Å². The van der Waals surface area contributed by atoms with Crippen molar-refractivity contribution in [3.63, 3.8) is 0 Å². The lowest BCUT2D eigenvalue weighted by Crippen LogP contribution is -2.41. The van der Waals surface area contributed by atoms with E-state index in [0.717, 1.165) is 0 Å². The Kier molecular flexibility index (Phi) is 3.69. The number of carbonyl (C=O) groups excluding carboxylic acids is 2. The minimum atomic E-state index is -1.17. The molecule has 0 aliphatic carbocycles. The molecule has 0 bridgehead atoms. The second-order valence-electron chi connectivity index (χ2n) is 5.47. The molecule has 2 aliphatic rings. The molecule has 2 aliphatic heterocycles. The minimum Gasteiger partial charge on any atom is -0.497 e. The number of benzene rings is 1. The lowest BCUT2D eigenvalue weighted by molar-refractivity contribution is -0.142. The first kappa shape index (κ1) is 15.3. The molecule has 4 atom stereocenters. The molecular weight excluding hydrogens is 304 g/mol. The van der Waals surface area contributed by atoms with Crippen molar-refractivity contribution in [3.8, 4) is 11.5 Å². The quantitative estimate of drug-likeness (QED) is 0.652. The van der Waals surface area contributed by atoms with Crippen molar-refractivity contribution in [2.24, 2.45) is 11.8 Å². The number of nitrogens with one attached hydrogen (secondary N) is 2. The molecular formula is C15H16N2O6. The van der Waals surface area contributed by atoms with Gasteiger partial charge in [-0.15, -0.1) is 0 Å². The summed E-state index contributed by atoms with van der Waals surface area (Å²) in [5.74, 6) is -2.89. The van der Waals surface area contributed by atoms with Gasteiger partial charge < -0.3 is 14.6 Å². The first-order valence-corrected chi connectivity index (χ1v) is 7.03. The van der Waals surface area contributed by atoms with Gasteiger partial charge in [0.2, 0.25) is 11.8 Å². The van der Waals surface area contributed by atoms with E-state index in [0.29, 0.717) is 17.1 Å². The van der Waals surface area contributed by atoms with Crippen LogP contribution in [0, 0.1) is 11.8 Å². The van der Waals surface area contributed by atoms with Crippen molar-refractivity contribution in [3.05, 3.63) is 23.8 Å². The fourth-order valence-electron chi connectivity index (χ4n) is 3.32. The van der Waals surface area contributed by atoms with E-state index in [2.05, 4.69) is 10.6 Å². The highest BCUT2D eigenvalue weighted by atomic mass is 16.5. The number of methoxy groups -OCH3 is 2. The first-order valence-electron chi connectivity index (χ1n) is 7.03. The van der Waals surface area contributed by atoms with Crippen molar-refractivity contribution in [1.82, 2.24) is 10.6 Å². The fourth-order valence-corrected chi connectivity index (χ4v) is 3.32. The topological polar surface area (TPSA) is 114 Å². The number of rotatable bonds is 4. The third-order valence-corrected chi connectivity index (χ3v) is 4.36. The Balaban J connectivity index is 2.04. The van der Waals surface area contributed by atoms with Crippen LogP contribution in [0.15, 0.2) is 18.2 Å². The van der Waals surface area contributed by atoms with Crippen molar-refractivity contribution in [2.75, 3.05) is 14.2 Å². The highest BCUT2D eigenvalue weighted by molar-refractivity contribution is 6.08. The van der Waals surface area contributed by atoms with E-state index in [1.54, 1.807) is 18.2 Å². The Labute approximate surface area is 131 Å². The van der Waals surface area contributed by atoms with E-state index in [4.69, 9.17) is 9.47 Å². The third kappa shape index (κ3) is 2.31. The molecule has 3 N–H and O–H groups in total. The van der Waals surface area contributed by atoms with Gasteiger partial charge >= 0.3 is 5.97 Å². The number of fused-ring (bicyclic) bond motifs is 1. The Bertz CT molecular complexity index is 689. The van der Waals surface area contributed by atoms with Crippen molar-refractivity contribution in [1.29, 1.82) is 0 Å². The van der Waals surface area contributed by atoms with Crippen LogP contribution >= 0.6 is 0 Å². The monoisotopic (exact) mass is 320 g/mol. The molecule has 0 spiro atoms. The summed E-state index contributed by atoms with van der Waals surface area (Å²) >= 11 is 0. The molecule has 8 heteroatoms. The fraction of sp³-hybridized carbons (Fsp3) is 0.400. The van der Waals surface area contributed by atoms with Crippen molar-refractivity contribution in [2.45, 2.75) is 12.1 Å². The van der Waals surface area contributed by atoms with Crippen LogP contribution in [-0.4, -0.2) is 43.2 Å². The van der Waals surface area contributed by atoms with E-state index in [-0.39, 0.29) is 0 Å². The molecule has 0 saturated carbocycles. The van der Waals surface area contributed by atoms with E-state index < -0.39 is 41.7 Å². The number of carboxylic acid groups (broad SMARTS) is 1. The summed E-state index contributed by atoms with van der Waals surface area (Å²) in [7, 11) is 2.99. The van der Waals surface area contributed by atoms with E-state index >= 15 is 0 Å². The Morgan fingerprint density at radius 2 is 1.83 bits per heavy atom. The van der Waals surface area contributed by atoms with Gasteiger partial charge in [-0.1, -0.05) is 6.07 Å². The van der Waals surface area contributed by atoms with Gasteiger partial charge in [-0.05, 0) is 6.07 Å². The summed E-state index contributed by atoms with van der Waals surface area (Å²) in [5, 5.41) is 14.4. The smallest absolute Gasteiger partial charge is 0.321 e. The van der Waals surface area contributed by atoms with Crippen LogP contribution < -0.4 is 20.1 Å². The molecule has 3 rings (SSSR count). The van der Waals surface area contributed by atoms with Gasteiger partial charge in [-0.25, -0.2) is 0 Å². The van der Waals surface area contributed by atoms with Gasteiger partial charge in [0.1, 0.15) is 17.5 Å². The van der Waals surface area contributed by atoms with Gasteiger partial charge in [-0.2, -0.15) is 0 Å². The van der Waals surface area contributed by atoms with Gasteiger partial charge in [0.25, 0.3) is 0 Å². The number of aliphatic carboxylic acids is 1. The Morgan fingerprint density at radius 3 is 2.43 bits per heavy atom. The zero-order valence-electron chi connectivity index (χ0n) is 12.5. The molecule has 2 saturated heterocycles. The van der Waals surface area contributed by atoms with E-state index in [9.17, 15) is 19.5 Å². The second kappa shape index (κ2) is 5.54. The second-order valence-corrected chi connectivity index (χ2v) is 5.47. The van der Waals surface area contributed by atoms with E-state index in [1.807, 2.05) is 0 Å². The van der Waals surface area contributed by atoms with Crippen LogP contribution in [0.25, 0.3) is 0 Å². The number of hydrogen-bond donors (Lipinski definition) is 3. The van der Waals surface area contributed by atoms with Gasteiger partial charge in [0, 0.05) is 17.7 Å². The molecule has 23 heavy (non-hydrogen) atoms. The Hall–Kier alpha value is -2.61. The van der Waals surface area contributed by atoms with Crippen molar-refractivity contribution >= 4 is 17.8 Å². The van der Waals surface area contributed by atoms with Crippen LogP contribution in [0.2, 0.25) is 0 Å². The van der Waals surface area contributed by atoms with Gasteiger partial charge in [0.05, 0.1) is 26.1 Å². The molecule has 2 heterocycles. The molecule has 2 fully saturated rings. The maximum absolute atomic E-state index is 12.1. The van der Waals surface area contributed by atoms with Crippen LogP contribution in [0.5, 0.6) is 11.5 Å². The summed E-state index contributed by atoms with van der Waals surface area (Å²) in [4.78, 5) is 35.5. The molecule has 1 aromatic carbocycles. The van der Waals surface area contributed by atoms with Crippen LogP contribution in [0.4, 0.5) is 0 Å². The average Bonchev–Trinajstić information content (AvgIpc) is 3.06. The predicted molar refractivity (Wildman–Crippen MR) is 77.0 cm³/mol. The zero-order valence-corrected chi connectivity index (χ0v) is 12.5. The lowest BCUT2D eigenvalue weighted by atomic mass is 9.86. The number of amides is 2. The number of ether oxygens (including phenoxy) is 2. The Morgan fingerprint density at radius 1 is 1.13 bits per heavy atom.